The quantitative estimate of drug-likeness (QED) is 0.841. The van der Waals surface area contributed by atoms with Gasteiger partial charge in [0.05, 0.1) is 16.9 Å². The van der Waals surface area contributed by atoms with Crippen molar-refractivity contribution in [1.29, 1.82) is 0 Å². The lowest BCUT2D eigenvalue weighted by atomic mass is 9.76. The molecule has 2 aliphatic carbocycles. The molecule has 3 N–H and O–H groups in total. The Hall–Kier alpha value is -1.42. The second-order valence-corrected chi connectivity index (χ2v) is 6.71. The normalized spacial score (nSPS) is 22.8. The molecule has 2 aliphatic rings. The maximum atomic E-state index is 12.5. The minimum atomic E-state index is -0.138. The maximum absolute atomic E-state index is 12.5. The van der Waals surface area contributed by atoms with Crippen molar-refractivity contribution in [3.05, 3.63) is 35.4 Å². The summed E-state index contributed by atoms with van der Waals surface area (Å²) in [6.45, 7) is 0. The highest BCUT2D eigenvalue weighted by Gasteiger charge is 2.35. The van der Waals surface area contributed by atoms with Gasteiger partial charge in [0.25, 0.3) is 0 Å². The highest BCUT2D eigenvalue weighted by atomic mass is 32.1. The highest BCUT2D eigenvalue weighted by molar-refractivity contribution is 7.80. The predicted molar refractivity (Wildman–Crippen MR) is 88.2 cm³/mol. The Balaban J connectivity index is 1.66. The van der Waals surface area contributed by atoms with Crippen LogP contribution in [0.15, 0.2) is 24.3 Å². The van der Waals surface area contributed by atoms with Gasteiger partial charge in [-0.2, -0.15) is 0 Å². The Morgan fingerprint density at radius 1 is 1.24 bits per heavy atom. The molecule has 0 bridgehead atoms. The monoisotopic (exact) mass is 302 g/mol. The van der Waals surface area contributed by atoms with Gasteiger partial charge in [0.2, 0.25) is 5.91 Å². The zero-order chi connectivity index (χ0) is 14.8. The lowest BCUT2D eigenvalue weighted by Crippen LogP contribution is -2.51. The van der Waals surface area contributed by atoms with Crippen molar-refractivity contribution >= 4 is 23.1 Å². The molecular formula is C17H22N2OS. The van der Waals surface area contributed by atoms with Gasteiger partial charge in [-0.15, -0.1) is 0 Å². The molecule has 3 nitrogen and oxygen atoms in total. The molecule has 1 aromatic rings. The third-order valence-corrected chi connectivity index (χ3v) is 5.15. The molecule has 2 atom stereocenters. The summed E-state index contributed by atoms with van der Waals surface area (Å²) >= 11 is 5.20. The average molecular weight is 302 g/mol. The number of thiocarbonyl (C=S) groups is 1. The Labute approximate surface area is 131 Å². The highest BCUT2D eigenvalue weighted by Crippen LogP contribution is 2.35. The van der Waals surface area contributed by atoms with Gasteiger partial charge in [-0.25, -0.2) is 0 Å². The van der Waals surface area contributed by atoms with Crippen molar-refractivity contribution in [3.63, 3.8) is 0 Å². The van der Waals surface area contributed by atoms with Gasteiger partial charge in [-0.3, -0.25) is 4.79 Å². The van der Waals surface area contributed by atoms with E-state index in [4.69, 9.17) is 18.0 Å². The number of fused-ring (bicyclic) bond motifs is 1. The van der Waals surface area contributed by atoms with Crippen LogP contribution in [0, 0.1) is 5.92 Å². The fraction of sp³-hybridized carbons (Fsp3) is 0.529. The van der Waals surface area contributed by atoms with Gasteiger partial charge < -0.3 is 11.1 Å². The van der Waals surface area contributed by atoms with Crippen LogP contribution in [0.2, 0.25) is 0 Å². The van der Waals surface area contributed by atoms with Crippen molar-refractivity contribution in [3.8, 4) is 0 Å². The summed E-state index contributed by atoms with van der Waals surface area (Å²) in [5, 5.41) is 3.12. The number of amides is 1. The fourth-order valence-electron chi connectivity index (χ4n) is 3.64. The average Bonchev–Trinajstić information content (AvgIpc) is 2.46. The lowest BCUT2D eigenvalue weighted by Gasteiger charge is -2.34. The van der Waals surface area contributed by atoms with Crippen molar-refractivity contribution in [2.45, 2.75) is 50.5 Å². The Bertz CT molecular complexity index is 551. The van der Waals surface area contributed by atoms with Crippen molar-refractivity contribution in [2.24, 2.45) is 11.7 Å². The van der Waals surface area contributed by atoms with E-state index in [2.05, 4.69) is 11.4 Å². The second-order valence-electron chi connectivity index (χ2n) is 6.24. The first kappa shape index (κ1) is 14.5. The minimum absolute atomic E-state index is 0.0263. The van der Waals surface area contributed by atoms with Gasteiger partial charge in [-0.05, 0) is 36.3 Å². The fourth-order valence-corrected chi connectivity index (χ4v) is 3.89. The van der Waals surface area contributed by atoms with E-state index < -0.39 is 0 Å². The molecule has 2 unspecified atom stereocenters. The van der Waals surface area contributed by atoms with E-state index >= 15 is 0 Å². The van der Waals surface area contributed by atoms with Crippen LogP contribution in [0.1, 0.15) is 49.1 Å². The van der Waals surface area contributed by atoms with E-state index in [-0.39, 0.29) is 17.9 Å². The zero-order valence-electron chi connectivity index (χ0n) is 12.2. The number of rotatable bonds is 4. The number of hydrogen-bond acceptors (Lipinski definition) is 2. The minimum Gasteiger partial charge on any atom is -0.392 e. The van der Waals surface area contributed by atoms with Gasteiger partial charge in [0, 0.05) is 0 Å². The molecule has 4 heteroatoms. The lowest BCUT2D eigenvalue weighted by molar-refractivity contribution is -0.123. The summed E-state index contributed by atoms with van der Waals surface area (Å²) in [5.41, 5.74) is 8.32. The molecular weight excluding hydrogens is 280 g/mol. The molecule has 1 fully saturated rings. The van der Waals surface area contributed by atoms with Crippen molar-refractivity contribution < 1.29 is 4.79 Å². The molecule has 0 radical (unpaired) electrons. The second kappa shape index (κ2) is 6.14. The van der Waals surface area contributed by atoms with Crippen LogP contribution in [-0.4, -0.2) is 16.9 Å². The van der Waals surface area contributed by atoms with Crippen LogP contribution >= 0.6 is 12.2 Å². The van der Waals surface area contributed by atoms with Gasteiger partial charge in [-0.1, -0.05) is 55.7 Å². The Kier molecular flexibility index (Phi) is 4.24. The first-order chi connectivity index (χ1) is 10.2. The summed E-state index contributed by atoms with van der Waals surface area (Å²) in [6.07, 6.45) is 6.77. The molecule has 1 amide bonds. The zero-order valence-corrected chi connectivity index (χ0v) is 13.0. The van der Waals surface area contributed by atoms with E-state index in [0.717, 1.165) is 24.8 Å². The Morgan fingerprint density at radius 2 is 1.95 bits per heavy atom. The smallest absolute Gasteiger partial charge is 0.228 e. The van der Waals surface area contributed by atoms with Crippen LogP contribution in [0.25, 0.3) is 0 Å². The number of hydrogen-bond donors (Lipinski definition) is 2. The summed E-state index contributed by atoms with van der Waals surface area (Å²) in [5.74, 6) is 0.467. The van der Waals surface area contributed by atoms with Crippen LogP contribution in [0.5, 0.6) is 0 Å². The van der Waals surface area contributed by atoms with E-state index in [1.165, 1.54) is 24.8 Å². The first-order valence-electron chi connectivity index (χ1n) is 7.84. The Morgan fingerprint density at radius 3 is 2.62 bits per heavy atom. The number of carbonyl (C=O) groups excluding carboxylic acids is 1. The van der Waals surface area contributed by atoms with E-state index in [1.54, 1.807) is 0 Å². The standard InChI is InChI=1S/C17H22N2OS/c18-16(21)15(11-6-2-1-3-7-11)19-17(20)14-10-12-8-4-5-9-13(12)14/h4-5,8-9,11,14-15H,1-3,6-7,10H2,(H2,18,21)(H,19,20). The number of nitrogens with two attached hydrogens (primary N) is 1. The third-order valence-electron chi connectivity index (χ3n) is 4.90. The third kappa shape index (κ3) is 2.95. The SMILES string of the molecule is NC(=S)C(NC(=O)C1Cc2ccccc21)C1CCCCC1. The maximum Gasteiger partial charge on any atom is 0.228 e. The molecule has 1 saturated carbocycles. The molecule has 0 spiro atoms. The molecule has 112 valence electrons. The summed E-state index contributed by atoms with van der Waals surface area (Å²) < 4.78 is 0. The summed E-state index contributed by atoms with van der Waals surface area (Å²) in [6, 6.07) is 8.00. The summed E-state index contributed by atoms with van der Waals surface area (Å²) in [4.78, 5) is 13.0. The van der Waals surface area contributed by atoms with Gasteiger partial charge >= 0.3 is 0 Å². The molecule has 0 aliphatic heterocycles. The van der Waals surface area contributed by atoms with Crippen LogP contribution in [0.4, 0.5) is 0 Å². The van der Waals surface area contributed by atoms with E-state index in [9.17, 15) is 4.79 Å². The molecule has 0 heterocycles. The van der Waals surface area contributed by atoms with Gasteiger partial charge in [0.1, 0.15) is 0 Å². The first-order valence-corrected chi connectivity index (χ1v) is 8.25. The van der Waals surface area contributed by atoms with Crippen LogP contribution in [-0.2, 0) is 11.2 Å². The number of nitrogens with one attached hydrogen (secondary N) is 1. The largest absolute Gasteiger partial charge is 0.392 e. The van der Waals surface area contributed by atoms with Crippen molar-refractivity contribution in [2.75, 3.05) is 0 Å². The van der Waals surface area contributed by atoms with Crippen molar-refractivity contribution in [1.82, 2.24) is 5.32 Å². The molecule has 0 saturated heterocycles. The molecule has 3 rings (SSSR count). The van der Waals surface area contributed by atoms with Crippen LogP contribution in [0.3, 0.4) is 0 Å². The van der Waals surface area contributed by atoms with Gasteiger partial charge in [0.15, 0.2) is 0 Å². The summed E-state index contributed by atoms with van der Waals surface area (Å²) in [7, 11) is 0. The topological polar surface area (TPSA) is 55.1 Å². The predicted octanol–water partition coefficient (Wildman–Crippen LogP) is 2.68. The molecule has 0 aromatic heterocycles. The number of benzene rings is 1. The molecule has 21 heavy (non-hydrogen) atoms. The molecule has 1 aromatic carbocycles. The number of carbonyl (C=O) groups is 1. The van der Waals surface area contributed by atoms with E-state index in [0.29, 0.717) is 10.9 Å². The van der Waals surface area contributed by atoms with Crippen LogP contribution < -0.4 is 11.1 Å². The van der Waals surface area contributed by atoms with E-state index in [1.807, 2.05) is 18.2 Å².